The summed E-state index contributed by atoms with van der Waals surface area (Å²) in [5.41, 5.74) is 0. The molecular formula is C17H32N4O3. The number of amides is 1. The van der Waals surface area contributed by atoms with Gasteiger partial charge in [-0.3, -0.25) is 14.6 Å². The van der Waals surface area contributed by atoms with Crippen molar-refractivity contribution in [3.63, 3.8) is 0 Å². The molecule has 1 fully saturated rings. The molecule has 0 spiro atoms. The van der Waals surface area contributed by atoms with Crippen molar-refractivity contribution in [2.75, 3.05) is 40.8 Å². The molecule has 0 atom stereocenters. The van der Waals surface area contributed by atoms with Gasteiger partial charge in [0.1, 0.15) is 0 Å². The monoisotopic (exact) mass is 340 g/mol. The molecule has 0 radical (unpaired) electrons. The second-order valence-electron chi connectivity index (χ2n) is 6.17. The molecule has 1 aliphatic rings. The molecule has 0 bridgehead atoms. The van der Waals surface area contributed by atoms with Crippen LogP contribution >= 0.6 is 0 Å². The molecule has 0 aromatic heterocycles. The summed E-state index contributed by atoms with van der Waals surface area (Å²) in [4.78, 5) is 29.1. The number of methoxy groups -OCH3 is 1. The van der Waals surface area contributed by atoms with Crippen LogP contribution in [0.15, 0.2) is 4.99 Å². The predicted octanol–water partition coefficient (Wildman–Crippen LogP) is 1.14. The standard InChI is InChI=1S/C17H32N4O3/c1-18-15(22)13-14-8-11-21(12-9-14)17(19-2)20-10-6-4-5-7-16(23)24-3/h14H,4-13H2,1-3H3,(H,18,22)(H,19,20). The zero-order valence-corrected chi connectivity index (χ0v) is 15.3. The van der Waals surface area contributed by atoms with Crippen LogP contribution in [0.3, 0.4) is 0 Å². The smallest absolute Gasteiger partial charge is 0.305 e. The average molecular weight is 340 g/mol. The summed E-state index contributed by atoms with van der Waals surface area (Å²) in [7, 11) is 4.91. The number of carbonyl (C=O) groups is 2. The van der Waals surface area contributed by atoms with Gasteiger partial charge in [-0.05, 0) is 31.6 Å². The van der Waals surface area contributed by atoms with Crippen LogP contribution in [-0.4, -0.2) is 63.6 Å². The topological polar surface area (TPSA) is 83.0 Å². The van der Waals surface area contributed by atoms with Gasteiger partial charge in [0, 0.05) is 46.6 Å². The van der Waals surface area contributed by atoms with Gasteiger partial charge in [0.05, 0.1) is 7.11 Å². The van der Waals surface area contributed by atoms with E-state index >= 15 is 0 Å². The number of hydrogen-bond acceptors (Lipinski definition) is 4. The highest BCUT2D eigenvalue weighted by molar-refractivity contribution is 5.80. The van der Waals surface area contributed by atoms with Crippen molar-refractivity contribution >= 4 is 17.8 Å². The highest BCUT2D eigenvalue weighted by Gasteiger charge is 2.22. The van der Waals surface area contributed by atoms with Crippen molar-refractivity contribution in [2.45, 2.75) is 44.9 Å². The number of hydrogen-bond donors (Lipinski definition) is 2. The number of ether oxygens (including phenoxy) is 1. The van der Waals surface area contributed by atoms with Crippen LogP contribution in [0.4, 0.5) is 0 Å². The van der Waals surface area contributed by atoms with Crippen LogP contribution < -0.4 is 10.6 Å². The molecule has 24 heavy (non-hydrogen) atoms. The van der Waals surface area contributed by atoms with Gasteiger partial charge in [0.2, 0.25) is 5.91 Å². The summed E-state index contributed by atoms with van der Waals surface area (Å²) in [6, 6.07) is 0. The maximum Gasteiger partial charge on any atom is 0.305 e. The lowest BCUT2D eigenvalue weighted by Crippen LogP contribution is -2.46. The first kappa shape index (κ1) is 20.3. The Kier molecular flexibility index (Phi) is 9.88. The van der Waals surface area contributed by atoms with Crippen LogP contribution in [0.25, 0.3) is 0 Å². The Morgan fingerprint density at radius 1 is 1.21 bits per heavy atom. The largest absolute Gasteiger partial charge is 0.469 e. The van der Waals surface area contributed by atoms with Crippen molar-refractivity contribution in [3.8, 4) is 0 Å². The van der Waals surface area contributed by atoms with E-state index in [0.29, 0.717) is 18.8 Å². The molecule has 1 amide bonds. The normalized spacial score (nSPS) is 16.0. The molecule has 138 valence electrons. The molecular weight excluding hydrogens is 308 g/mol. The van der Waals surface area contributed by atoms with Crippen molar-refractivity contribution < 1.29 is 14.3 Å². The van der Waals surface area contributed by atoms with Crippen LogP contribution in [0.1, 0.15) is 44.9 Å². The minimum atomic E-state index is -0.140. The van der Waals surface area contributed by atoms with Crippen molar-refractivity contribution in [2.24, 2.45) is 10.9 Å². The van der Waals surface area contributed by atoms with E-state index < -0.39 is 0 Å². The molecule has 7 nitrogen and oxygen atoms in total. The fourth-order valence-corrected chi connectivity index (χ4v) is 2.92. The molecule has 0 aromatic rings. The number of nitrogens with one attached hydrogen (secondary N) is 2. The maximum absolute atomic E-state index is 11.5. The molecule has 0 aliphatic carbocycles. The summed E-state index contributed by atoms with van der Waals surface area (Å²) in [6.45, 7) is 2.72. The lowest BCUT2D eigenvalue weighted by molar-refractivity contribution is -0.140. The van der Waals surface area contributed by atoms with E-state index in [4.69, 9.17) is 0 Å². The van der Waals surface area contributed by atoms with Gasteiger partial charge in [-0.2, -0.15) is 0 Å². The summed E-state index contributed by atoms with van der Waals surface area (Å²) in [5.74, 6) is 1.39. The number of esters is 1. The molecule has 0 saturated carbocycles. The fraction of sp³-hybridized carbons (Fsp3) is 0.824. The van der Waals surface area contributed by atoms with Crippen molar-refractivity contribution in [1.82, 2.24) is 15.5 Å². The van der Waals surface area contributed by atoms with Gasteiger partial charge in [0.15, 0.2) is 5.96 Å². The minimum absolute atomic E-state index is 0.128. The zero-order chi connectivity index (χ0) is 17.8. The summed E-state index contributed by atoms with van der Waals surface area (Å²) in [5, 5.41) is 6.08. The fourth-order valence-electron chi connectivity index (χ4n) is 2.92. The van der Waals surface area contributed by atoms with E-state index in [2.05, 4.69) is 25.3 Å². The summed E-state index contributed by atoms with van der Waals surface area (Å²) < 4.78 is 4.63. The van der Waals surface area contributed by atoms with Gasteiger partial charge in [-0.15, -0.1) is 0 Å². The number of piperidine rings is 1. The summed E-state index contributed by atoms with van der Waals surface area (Å²) >= 11 is 0. The second kappa shape index (κ2) is 11.7. The third-order valence-corrected chi connectivity index (χ3v) is 4.45. The quantitative estimate of drug-likeness (QED) is 0.300. The Hall–Kier alpha value is -1.79. The number of likely N-dealkylation sites (tertiary alicyclic amines) is 1. The first-order valence-corrected chi connectivity index (χ1v) is 8.83. The predicted molar refractivity (Wildman–Crippen MR) is 94.8 cm³/mol. The highest BCUT2D eigenvalue weighted by atomic mass is 16.5. The third-order valence-electron chi connectivity index (χ3n) is 4.45. The Balaban J connectivity index is 2.19. The van der Waals surface area contributed by atoms with E-state index in [-0.39, 0.29) is 11.9 Å². The number of unbranched alkanes of at least 4 members (excludes halogenated alkanes) is 2. The van der Waals surface area contributed by atoms with Crippen molar-refractivity contribution in [3.05, 3.63) is 0 Å². The molecule has 1 heterocycles. The number of guanidine groups is 1. The molecule has 1 aliphatic heterocycles. The molecule has 1 rings (SSSR count). The van der Waals surface area contributed by atoms with E-state index in [1.165, 1.54) is 7.11 Å². The van der Waals surface area contributed by atoms with Gasteiger partial charge in [-0.1, -0.05) is 6.42 Å². The molecule has 0 aromatic carbocycles. The number of rotatable bonds is 8. The number of carbonyl (C=O) groups excluding carboxylic acids is 2. The lowest BCUT2D eigenvalue weighted by Gasteiger charge is -2.34. The Bertz CT molecular complexity index is 418. The van der Waals surface area contributed by atoms with Crippen LogP contribution in [-0.2, 0) is 14.3 Å². The van der Waals surface area contributed by atoms with Crippen molar-refractivity contribution in [1.29, 1.82) is 0 Å². The molecule has 7 heteroatoms. The highest BCUT2D eigenvalue weighted by Crippen LogP contribution is 2.20. The minimum Gasteiger partial charge on any atom is -0.469 e. The van der Waals surface area contributed by atoms with Crippen LogP contribution in [0, 0.1) is 5.92 Å². The van der Waals surface area contributed by atoms with E-state index in [9.17, 15) is 9.59 Å². The van der Waals surface area contributed by atoms with Gasteiger partial charge in [0.25, 0.3) is 0 Å². The zero-order valence-electron chi connectivity index (χ0n) is 15.3. The number of aliphatic imine (C=N–C) groups is 1. The second-order valence-corrected chi connectivity index (χ2v) is 6.17. The van der Waals surface area contributed by atoms with Crippen LogP contribution in [0.2, 0.25) is 0 Å². The first-order chi connectivity index (χ1) is 11.6. The Morgan fingerprint density at radius 3 is 2.50 bits per heavy atom. The molecule has 2 N–H and O–H groups in total. The molecule has 1 saturated heterocycles. The van der Waals surface area contributed by atoms with E-state index in [0.717, 1.165) is 57.7 Å². The molecule has 0 unspecified atom stereocenters. The first-order valence-electron chi connectivity index (χ1n) is 8.83. The summed E-state index contributed by atoms with van der Waals surface area (Å²) in [6.07, 6.45) is 6.01. The average Bonchev–Trinajstić information content (AvgIpc) is 2.61. The van der Waals surface area contributed by atoms with Gasteiger partial charge in [-0.25, -0.2) is 0 Å². The SMILES string of the molecule is CN=C(NCCCCCC(=O)OC)N1CCC(CC(=O)NC)CC1. The Morgan fingerprint density at radius 2 is 1.92 bits per heavy atom. The lowest BCUT2D eigenvalue weighted by atomic mass is 9.93. The van der Waals surface area contributed by atoms with Crippen LogP contribution in [0.5, 0.6) is 0 Å². The van der Waals surface area contributed by atoms with Gasteiger partial charge < -0.3 is 20.3 Å². The Labute approximate surface area is 145 Å². The third kappa shape index (κ3) is 7.66. The number of nitrogens with zero attached hydrogens (tertiary/aromatic N) is 2. The van der Waals surface area contributed by atoms with E-state index in [1.54, 1.807) is 14.1 Å². The van der Waals surface area contributed by atoms with Gasteiger partial charge >= 0.3 is 5.97 Å². The maximum atomic E-state index is 11.5. The van der Waals surface area contributed by atoms with E-state index in [1.807, 2.05) is 0 Å².